The topological polar surface area (TPSA) is 104 Å². The number of urea groups is 1. The van der Waals surface area contributed by atoms with Gasteiger partial charge in [0.05, 0.1) is 18.7 Å². The van der Waals surface area contributed by atoms with Crippen LogP contribution < -0.4 is 10.6 Å². The van der Waals surface area contributed by atoms with Crippen molar-refractivity contribution in [3.63, 3.8) is 0 Å². The molecule has 2 heterocycles. The number of ether oxygens (including phenoxy) is 1. The first kappa shape index (κ1) is 21.8. The number of carbonyl (C=O) groups excluding carboxylic acids is 3. The van der Waals surface area contributed by atoms with E-state index in [1.54, 1.807) is 46.4 Å². The van der Waals surface area contributed by atoms with Gasteiger partial charge in [-0.2, -0.15) is 0 Å². The fraction of sp³-hybridized carbons (Fsp3) is 0.368. The Hall–Kier alpha value is -2.85. The van der Waals surface area contributed by atoms with Crippen molar-refractivity contribution in [1.82, 2.24) is 14.8 Å². The SMILES string of the molecule is CCOC(=O)N1CCN(C(=O)Cc2csc(NC(=O)Nc3ccc(Cl)cc3)n2)CC1. The van der Waals surface area contributed by atoms with Gasteiger partial charge in [-0.25, -0.2) is 14.6 Å². The Kier molecular flexibility index (Phi) is 7.47. The molecule has 30 heavy (non-hydrogen) atoms. The summed E-state index contributed by atoms with van der Waals surface area (Å²) in [6.45, 7) is 3.89. The Labute approximate surface area is 183 Å². The van der Waals surface area contributed by atoms with Gasteiger partial charge in [0.2, 0.25) is 5.91 Å². The van der Waals surface area contributed by atoms with Crippen molar-refractivity contribution in [2.45, 2.75) is 13.3 Å². The molecule has 1 saturated heterocycles. The lowest BCUT2D eigenvalue weighted by Gasteiger charge is -2.34. The van der Waals surface area contributed by atoms with Crippen molar-refractivity contribution >= 4 is 51.8 Å². The predicted octanol–water partition coefficient (Wildman–Crippen LogP) is 3.28. The Morgan fingerprint density at radius 1 is 1.10 bits per heavy atom. The van der Waals surface area contributed by atoms with Crippen LogP contribution in [0.15, 0.2) is 29.6 Å². The van der Waals surface area contributed by atoms with Crippen LogP contribution in [0.3, 0.4) is 0 Å². The van der Waals surface area contributed by atoms with Crippen LogP contribution in [-0.2, 0) is 16.0 Å². The highest BCUT2D eigenvalue weighted by Crippen LogP contribution is 2.18. The monoisotopic (exact) mass is 451 g/mol. The minimum absolute atomic E-state index is 0.0685. The number of halogens is 1. The summed E-state index contributed by atoms with van der Waals surface area (Å²) in [5.74, 6) is -0.0685. The van der Waals surface area contributed by atoms with Gasteiger partial charge in [0.25, 0.3) is 0 Å². The van der Waals surface area contributed by atoms with E-state index in [1.807, 2.05) is 0 Å². The number of benzene rings is 1. The molecule has 160 valence electrons. The molecule has 3 rings (SSSR count). The molecule has 11 heteroatoms. The number of amides is 4. The number of nitrogens with one attached hydrogen (secondary N) is 2. The number of thiazole rings is 1. The van der Waals surface area contributed by atoms with Gasteiger partial charge >= 0.3 is 12.1 Å². The van der Waals surface area contributed by atoms with Gasteiger partial charge in [0.1, 0.15) is 0 Å². The summed E-state index contributed by atoms with van der Waals surface area (Å²) in [5.41, 5.74) is 1.19. The number of anilines is 2. The third-order valence-corrected chi connectivity index (χ3v) is 5.42. The average molecular weight is 452 g/mol. The largest absolute Gasteiger partial charge is 0.450 e. The second kappa shape index (κ2) is 10.3. The van der Waals surface area contributed by atoms with E-state index in [4.69, 9.17) is 16.3 Å². The zero-order valence-electron chi connectivity index (χ0n) is 16.4. The molecule has 0 atom stereocenters. The molecule has 2 aromatic rings. The molecule has 2 N–H and O–H groups in total. The molecule has 1 fully saturated rings. The molecule has 1 aliphatic rings. The van der Waals surface area contributed by atoms with Crippen LogP contribution in [0.1, 0.15) is 12.6 Å². The van der Waals surface area contributed by atoms with E-state index in [-0.39, 0.29) is 18.4 Å². The molecule has 0 unspecified atom stereocenters. The maximum Gasteiger partial charge on any atom is 0.409 e. The highest BCUT2D eigenvalue weighted by Gasteiger charge is 2.25. The molecule has 4 amide bonds. The first-order chi connectivity index (χ1) is 14.4. The van der Waals surface area contributed by atoms with Crippen LogP contribution >= 0.6 is 22.9 Å². The van der Waals surface area contributed by atoms with Crippen LogP contribution in [0.25, 0.3) is 0 Å². The fourth-order valence-electron chi connectivity index (χ4n) is 2.86. The predicted molar refractivity (Wildman–Crippen MR) is 115 cm³/mol. The van der Waals surface area contributed by atoms with E-state index in [0.717, 1.165) is 0 Å². The Balaban J connectivity index is 1.46. The summed E-state index contributed by atoms with van der Waals surface area (Å²) >= 11 is 7.07. The molecule has 0 radical (unpaired) electrons. The van der Waals surface area contributed by atoms with Gasteiger partial charge in [-0.1, -0.05) is 11.6 Å². The van der Waals surface area contributed by atoms with E-state index in [9.17, 15) is 14.4 Å². The van der Waals surface area contributed by atoms with Gasteiger partial charge in [-0.05, 0) is 31.2 Å². The van der Waals surface area contributed by atoms with Crippen molar-refractivity contribution in [1.29, 1.82) is 0 Å². The number of hydrogen-bond donors (Lipinski definition) is 2. The zero-order valence-corrected chi connectivity index (χ0v) is 18.0. The average Bonchev–Trinajstić information content (AvgIpc) is 3.16. The smallest absolute Gasteiger partial charge is 0.409 e. The molecule has 0 saturated carbocycles. The summed E-state index contributed by atoms with van der Waals surface area (Å²) in [6.07, 6.45) is -0.215. The van der Waals surface area contributed by atoms with Crippen molar-refractivity contribution in [3.05, 3.63) is 40.4 Å². The van der Waals surface area contributed by atoms with Crippen molar-refractivity contribution in [3.8, 4) is 0 Å². The molecule has 0 spiro atoms. The highest BCUT2D eigenvalue weighted by atomic mass is 35.5. The molecule has 0 bridgehead atoms. The first-order valence-electron chi connectivity index (χ1n) is 9.42. The first-order valence-corrected chi connectivity index (χ1v) is 10.7. The summed E-state index contributed by atoms with van der Waals surface area (Å²) in [7, 11) is 0. The standard InChI is InChI=1S/C19H22ClN5O4S/c1-2-29-19(28)25-9-7-24(8-10-25)16(26)11-15-12-30-18(22-15)23-17(27)21-14-5-3-13(20)4-6-14/h3-6,12H,2,7-11H2,1H3,(H2,21,22,23,27). The second-order valence-electron chi connectivity index (χ2n) is 6.47. The quantitative estimate of drug-likeness (QED) is 0.725. The lowest BCUT2D eigenvalue weighted by atomic mass is 10.2. The Morgan fingerprint density at radius 3 is 2.43 bits per heavy atom. The molecule has 9 nitrogen and oxygen atoms in total. The summed E-state index contributed by atoms with van der Waals surface area (Å²) in [6, 6.07) is 6.30. The van der Waals surface area contributed by atoms with Crippen LogP contribution in [0.4, 0.5) is 20.4 Å². The second-order valence-corrected chi connectivity index (χ2v) is 7.77. The summed E-state index contributed by atoms with van der Waals surface area (Å²) in [4.78, 5) is 43.9. The van der Waals surface area contributed by atoms with E-state index < -0.39 is 6.03 Å². The van der Waals surface area contributed by atoms with Crippen LogP contribution in [-0.4, -0.2) is 65.6 Å². The number of piperazine rings is 1. The fourth-order valence-corrected chi connectivity index (χ4v) is 3.69. The molecule has 0 aliphatic carbocycles. The molecule has 1 aromatic heterocycles. The summed E-state index contributed by atoms with van der Waals surface area (Å²) < 4.78 is 4.98. The minimum atomic E-state index is -0.431. The van der Waals surface area contributed by atoms with Gasteiger partial charge < -0.3 is 19.9 Å². The third kappa shape index (κ3) is 6.07. The van der Waals surface area contributed by atoms with E-state index in [0.29, 0.717) is 54.3 Å². The Bertz CT molecular complexity index is 897. The van der Waals surface area contributed by atoms with Gasteiger partial charge in [0.15, 0.2) is 5.13 Å². The maximum absolute atomic E-state index is 12.5. The number of hydrogen-bond acceptors (Lipinski definition) is 6. The number of nitrogens with zero attached hydrogens (tertiary/aromatic N) is 3. The zero-order chi connectivity index (χ0) is 21.5. The van der Waals surface area contributed by atoms with E-state index >= 15 is 0 Å². The molecular weight excluding hydrogens is 430 g/mol. The number of aromatic nitrogens is 1. The lowest BCUT2D eigenvalue weighted by molar-refractivity contribution is -0.132. The Morgan fingerprint density at radius 2 is 1.77 bits per heavy atom. The van der Waals surface area contributed by atoms with Crippen molar-refractivity contribution in [2.75, 3.05) is 43.4 Å². The number of carbonyl (C=O) groups is 3. The van der Waals surface area contributed by atoms with Crippen molar-refractivity contribution in [2.24, 2.45) is 0 Å². The van der Waals surface area contributed by atoms with Gasteiger partial charge in [-0.15, -0.1) is 11.3 Å². The van der Waals surface area contributed by atoms with Crippen molar-refractivity contribution < 1.29 is 19.1 Å². The van der Waals surface area contributed by atoms with Gasteiger partial charge in [-0.3, -0.25) is 10.1 Å². The number of rotatable bonds is 5. The van der Waals surface area contributed by atoms with Crippen LogP contribution in [0.2, 0.25) is 5.02 Å². The molecular formula is C19H22ClN5O4S. The minimum Gasteiger partial charge on any atom is -0.450 e. The third-order valence-electron chi connectivity index (χ3n) is 4.37. The lowest BCUT2D eigenvalue weighted by Crippen LogP contribution is -2.51. The van der Waals surface area contributed by atoms with E-state index in [1.165, 1.54) is 11.3 Å². The van der Waals surface area contributed by atoms with Crippen LogP contribution in [0, 0.1) is 0 Å². The van der Waals surface area contributed by atoms with E-state index in [2.05, 4.69) is 15.6 Å². The molecule has 1 aliphatic heterocycles. The normalized spacial score (nSPS) is 13.7. The maximum atomic E-state index is 12.5. The molecule has 1 aromatic carbocycles. The van der Waals surface area contributed by atoms with Gasteiger partial charge in [0, 0.05) is 42.3 Å². The van der Waals surface area contributed by atoms with Crippen LogP contribution in [0.5, 0.6) is 0 Å². The highest BCUT2D eigenvalue weighted by molar-refractivity contribution is 7.14. The summed E-state index contributed by atoms with van der Waals surface area (Å²) in [5, 5.41) is 8.05.